The molecule has 1 atom stereocenters. The van der Waals surface area contributed by atoms with Gasteiger partial charge in [0.25, 0.3) is 0 Å². The van der Waals surface area contributed by atoms with Crippen molar-refractivity contribution in [3.8, 4) is 11.8 Å². The van der Waals surface area contributed by atoms with Crippen molar-refractivity contribution in [1.29, 1.82) is 0 Å². The third kappa shape index (κ3) is 3.59. The Bertz CT molecular complexity index is 334. The van der Waals surface area contributed by atoms with E-state index < -0.39 is 0 Å². The minimum absolute atomic E-state index is 0.113. The summed E-state index contributed by atoms with van der Waals surface area (Å²) in [6, 6.07) is 1.91. The number of aromatic nitrogens is 1. The van der Waals surface area contributed by atoms with Crippen LogP contribution < -0.4 is 11.5 Å². The molecule has 0 fully saturated rings. The number of anilines is 1. The molecule has 0 aliphatic heterocycles. The number of hydrogen-bond acceptors (Lipinski definition) is 3. The highest BCUT2D eigenvalue weighted by atomic mass is 14.7. The number of nitrogens with two attached hydrogens (primary N) is 2. The van der Waals surface area contributed by atoms with Crippen LogP contribution in [0.15, 0.2) is 18.5 Å². The predicted octanol–water partition coefficient (Wildman–Crippen LogP) is 0.753. The average Bonchev–Trinajstić information content (AvgIpc) is 2.03. The standard InChI is InChI=1S/C10H13N3/c1-8(11)3-2-4-9-5-10(12)7-13-6-9/h5-8H,3,11-12H2,1H3/t8-/m0/s1. The Labute approximate surface area is 78.2 Å². The van der Waals surface area contributed by atoms with Crippen LogP contribution in [0.4, 0.5) is 5.69 Å². The van der Waals surface area contributed by atoms with Gasteiger partial charge in [0.15, 0.2) is 0 Å². The zero-order chi connectivity index (χ0) is 9.68. The van der Waals surface area contributed by atoms with Gasteiger partial charge in [-0.2, -0.15) is 0 Å². The van der Waals surface area contributed by atoms with E-state index in [-0.39, 0.29) is 6.04 Å². The van der Waals surface area contributed by atoms with Crippen LogP contribution in [0.25, 0.3) is 0 Å². The quantitative estimate of drug-likeness (QED) is 0.619. The summed E-state index contributed by atoms with van der Waals surface area (Å²) in [6.45, 7) is 1.92. The largest absolute Gasteiger partial charge is 0.397 e. The third-order valence-corrected chi connectivity index (χ3v) is 1.42. The number of pyridine rings is 1. The fourth-order valence-electron chi connectivity index (χ4n) is 0.840. The molecule has 0 aliphatic carbocycles. The minimum atomic E-state index is 0.113. The molecule has 1 aromatic rings. The first-order valence-electron chi connectivity index (χ1n) is 4.13. The summed E-state index contributed by atoms with van der Waals surface area (Å²) in [5.41, 5.74) is 12.5. The molecule has 1 rings (SSSR count). The monoisotopic (exact) mass is 175 g/mol. The van der Waals surface area contributed by atoms with Crippen molar-refractivity contribution >= 4 is 5.69 Å². The van der Waals surface area contributed by atoms with Gasteiger partial charge in [0.2, 0.25) is 0 Å². The smallest absolute Gasteiger partial charge is 0.0513 e. The Morgan fingerprint density at radius 3 is 2.92 bits per heavy atom. The number of rotatable bonds is 1. The van der Waals surface area contributed by atoms with Gasteiger partial charge in [-0.25, -0.2) is 0 Å². The van der Waals surface area contributed by atoms with Gasteiger partial charge in [-0.15, -0.1) is 0 Å². The van der Waals surface area contributed by atoms with Crippen molar-refractivity contribution in [2.24, 2.45) is 5.73 Å². The van der Waals surface area contributed by atoms with Crippen molar-refractivity contribution < 1.29 is 0 Å². The maximum atomic E-state index is 5.54. The first kappa shape index (κ1) is 9.56. The van der Waals surface area contributed by atoms with E-state index in [1.807, 2.05) is 6.92 Å². The lowest BCUT2D eigenvalue weighted by atomic mass is 10.2. The fraction of sp³-hybridized carbons (Fsp3) is 0.300. The molecule has 3 heteroatoms. The average molecular weight is 175 g/mol. The molecule has 0 bridgehead atoms. The predicted molar refractivity (Wildman–Crippen MR) is 53.8 cm³/mol. The molecule has 0 radical (unpaired) electrons. The Hall–Kier alpha value is -1.53. The molecule has 0 spiro atoms. The second-order valence-electron chi connectivity index (χ2n) is 2.99. The van der Waals surface area contributed by atoms with E-state index in [1.54, 1.807) is 18.5 Å². The van der Waals surface area contributed by atoms with Crippen LogP contribution in [-0.2, 0) is 0 Å². The molecule has 1 aromatic heterocycles. The lowest BCUT2D eigenvalue weighted by Crippen LogP contribution is -2.12. The number of nitrogen functional groups attached to an aromatic ring is 1. The molecule has 68 valence electrons. The third-order valence-electron chi connectivity index (χ3n) is 1.42. The summed E-state index contributed by atoms with van der Waals surface area (Å²) < 4.78 is 0. The van der Waals surface area contributed by atoms with Gasteiger partial charge >= 0.3 is 0 Å². The van der Waals surface area contributed by atoms with Crippen LogP contribution in [0.5, 0.6) is 0 Å². The highest BCUT2D eigenvalue weighted by Crippen LogP contribution is 2.01. The Morgan fingerprint density at radius 2 is 2.31 bits per heavy atom. The van der Waals surface area contributed by atoms with Crippen LogP contribution in [0, 0.1) is 11.8 Å². The summed E-state index contributed by atoms with van der Waals surface area (Å²) >= 11 is 0. The summed E-state index contributed by atoms with van der Waals surface area (Å²) in [6.07, 6.45) is 3.97. The van der Waals surface area contributed by atoms with Gasteiger partial charge in [0.1, 0.15) is 0 Å². The molecule has 0 saturated carbocycles. The molecule has 1 heterocycles. The second-order valence-corrected chi connectivity index (χ2v) is 2.99. The molecular weight excluding hydrogens is 162 g/mol. The van der Waals surface area contributed by atoms with Gasteiger partial charge in [0.05, 0.1) is 5.69 Å². The Kier molecular flexibility index (Phi) is 3.30. The molecule has 3 nitrogen and oxygen atoms in total. The lowest BCUT2D eigenvalue weighted by molar-refractivity contribution is 0.771. The van der Waals surface area contributed by atoms with Crippen molar-refractivity contribution in [2.75, 3.05) is 5.73 Å². The summed E-state index contributed by atoms with van der Waals surface area (Å²) in [5.74, 6) is 5.90. The highest BCUT2D eigenvalue weighted by Gasteiger charge is 1.89. The fourth-order valence-corrected chi connectivity index (χ4v) is 0.840. The van der Waals surface area contributed by atoms with E-state index in [1.165, 1.54) is 0 Å². The first-order chi connectivity index (χ1) is 6.18. The van der Waals surface area contributed by atoms with Crippen LogP contribution in [0.1, 0.15) is 18.9 Å². The van der Waals surface area contributed by atoms with E-state index >= 15 is 0 Å². The molecule has 0 saturated heterocycles. The highest BCUT2D eigenvalue weighted by molar-refractivity contribution is 5.43. The normalized spacial score (nSPS) is 11.5. The first-order valence-corrected chi connectivity index (χ1v) is 4.13. The summed E-state index contributed by atoms with van der Waals surface area (Å²) in [7, 11) is 0. The zero-order valence-electron chi connectivity index (χ0n) is 7.62. The molecule has 0 unspecified atom stereocenters. The van der Waals surface area contributed by atoms with Crippen LogP contribution >= 0.6 is 0 Å². The van der Waals surface area contributed by atoms with Gasteiger partial charge in [0, 0.05) is 30.4 Å². The van der Waals surface area contributed by atoms with E-state index in [4.69, 9.17) is 11.5 Å². The molecule has 0 aromatic carbocycles. The van der Waals surface area contributed by atoms with Crippen molar-refractivity contribution in [3.63, 3.8) is 0 Å². The van der Waals surface area contributed by atoms with Crippen molar-refractivity contribution in [3.05, 3.63) is 24.0 Å². The lowest BCUT2D eigenvalue weighted by Gasteiger charge is -1.94. The van der Waals surface area contributed by atoms with Gasteiger partial charge in [-0.1, -0.05) is 11.8 Å². The number of nitrogens with zero attached hydrogens (tertiary/aromatic N) is 1. The minimum Gasteiger partial charge on any atom is -0.397 e. The maximum Gasteiger partial charge on any atom is 0.0513 e. The zero-order valence-corrected chi connectivity index (χ0v) is 7.62. The molecule has 0 amide bonds. The summed E-state index contributed by atoms with van der Waals surface area (Å²) in [5, 5.41) is 0. The van der Waals surface area contributed by atoms with E-state index in [0.717, 1.165) is 5.56 Å². The topological polar surface area (TPSA) is 64.9 Å². The van der Waals surface area contributed by atoms with Gasteiger partial charge < -0.3 is 11.5 Å². The maximum absolute atomic E-state index is 5.54. The number of hydrogen-bond donors (Lipinski definition) is 2. The van der Waals surface area contributed by atoms with Crippen LogP contribution in [0.2, 0.25) is 0 Å². The SMILES string of the molecule is C[C@H](N)CC#Cc1cncc(N)c1. The van der Waals surface area contributed by atoms with Gasteiger partial charge in [-0.3, -0.25) is 4.98 Å². The Morgan fingerprint density at radius 1 is 1.54 bits per heavy atom. The second kappa shape index (κ2) is 4.48. The molecular formula is C10H13N3. The van der Waals surface area contributed by atoms with Crippen molar-refractivity contribution in [1.82, 2.24) is 4.98 Å². The van der Waals surface area contributed by atoms with Crippen molar-refractivity contribution in [2.45, 2.75) is 19.4 Å². The molecule has 13 heavy (non-hydrogen) atoms. The molecule has 0 aliphatic rings. The van der Waals surface area contributed by atoms with Crippen LogP contribution in [0.3, 0.4) is 0 Å². The van der Waals surface area contributed by atoms with Gasteiger partial charge in [-0.05, 0) is 13.0 Å². The van der Waals surface area contributed by atoms with E-state index in [0.29, 0.717) is 12.1 Å². The van der Waals surface area contributed by atoms with E-state index in [9.17, 15) is 0 Å². The van der Waals surface area contributed by atoms with E-state index in [2.05, 4.69) is 16.8 Å². The molecule has 4 N–H and O–H groups in total. The summed E-state index contributed by atoms with van der Waals surface area (Å²) in [4.78, 5) is 3.92. The Balaban J connectivity index is 2.66. The van der Waals surface area contributed by atoms with Crippen LogP contribution in [-0.4, -0.2) is 11.0 Å².